The minimum Gasteiger partial charge on any atom is -0.456 e. The first-order chi connectivity index (χ1) is 9.56. The van der Waals surface area contributed by atoms with Gasteiger partial charge >= 0.3 is 0 Å². The Hall–Kier alpha value is -2.35. The minimum absolute atomic E-state index is 0.0105. The maximum Gasteiger partial charge on any atom is 0.193 e. The van der Waals surface area contributed by atoms with E-state index in [1.165, 1.54) is 0 Å². The van der Waals surface area contributed by atoms with Gasteiger partial charge in [-0.25, -0.2) is 0 Å². The van der Waals surface area contributed by atoms with Crippen molar-refractivity contribution in [3.05, 3.63) is 69.4 Å². The third-order valence-electron chi connectivity index (χ3n) is 3.57. The third-order valence-corrected chi connectivity index (χ3v) is 3.57. The van der Waals surface area contributed by atoms with Crippen LogP contribution >= 0.6 is 0 Å². The van der Waals surface area contributed by atoms with Gasteiger partial charge in [-0.2, -0.15) is 0 Å². The highest BCUT2D eigenvalue weighted by Crippen LogP contribution is 2.26. The van der Waals surface area contributed by atoms with Gasteiger partial charge < -0.3 is 4.42 Å². The normalized spacial score (nSPS) is 10.9. The zero-order valence-corrected chi connectivity index (χ0v) is 11.9. The summed E-state index contributed by atoms with van der Waals surface area (Å²) in [6, 6.07) is 13.4. The van der Waals surface area contributed by atoms with Crippen LogP contribution in [-0.4, -0.2) is 0 Å². The number of hydrogen-bond donors (Lipinski definition) is 0. The summed E-state index contributed by atoms with van der Waals surface area (Å²) in [4.78, 5) is 12.3. The Bertz CT molecular complexity index is 857. The Kier molecular flexibility index (Phi) is 2.94. The van der Waals surface area contributed by atoms with Gasteiger partial charge in [0.25, 0.3) is 0 Å². The van der Waals surface area contributed by atoms with Gasteiger partial charge in [0, 0.05) is 11.6 Å². The summed E-state index contributed by atoms with van der Waals surface area (Å²) in [6.45, 7) is 5.97. The van der Waals surface area contributed by atoms with Crippen LogP contribution in [0, 0.1) is 20.8 Å². The van der Waals surface area contributed by atoms with Crippen molar-refractivity contribution in [3.8, 4) is 11.3 Å². The first-order valence-corrected chi connectivity index (χ1v) is 6.67. The molecular formula is C18H16O2. The Balaban J connectivity index is 2.36. The standard InChI is InChI=1S/C18H16O2/c1-11-8-13(3)18-15(9-11)16(19)10-17(20-18)14-7-5-4-6-12(14)2/h4-10H,1-3H3. The molecule has 1 aromatic heterocycles. The second-order valence-corrected chi connectivity index (χ2v) is 5.25. The van der Waals surface area contributed by atoms with E-state index in [0.717, 1.165) is 22.3 Å². The van der Waals surface area contributed by atoms with E-state index in [1.54, 1.807) is 6.07 Å². The summed E-state index contributed by atoms with van der Waals surface area (Å²) in [5, 5.41) is 0.653. The molecule has 1 heterocycles. The fourth-order valence-electron chi connectivity index (χ4n) is 2.59. The molecule has 0 aliphatic heterocycles. The van der Waals surface area contributed by atoms with Crippen LogP contribution in [0.5, 0.6) is 0 Å². The van der Waals surface area contributed by atoms with Crippen LogP contribution in [0.4, 0.5) is 0 Å². The van der Waals surface area contributed by atoms with Gasteiger partial charge in [-0.1, -0.05) is 30.3 Å². The highest BCUT2D eigenvalue weighted by molar-refractivity contribution is 5.82. The molecular weight excluding hydrogens is 248 g/mol. The van der Waals surface area contributed by atoms with Gasteiger partial charge in [-0.15, -0.1) is 0 Å². The van der Waals surface area contributed by atoms with Crippen molar-refractivity contribution >= 4 is 11.0 Å². The molecule has 0 fully saturated rings. The molecule has 0 N–H and O–H groups in total. The lowest BCUT2D eigenvalue weighted by Gasteiger charge is -2.08. The second-order valence-electron chi connectivity index (χ2n) is 5.25. The van der Waals surface area contributed by atoms with Crippen LogP contribution in [-0.2, 0) is 0 Å². The molecule has 100 valence electrons. The first kappa shape index (κ1) is 12.7. The Morgan fingerprint density at radius 3 is 2.40 bits per heavy atom. The van der Waals surface area contributed by atoms with Gasteiger partial charge in [-0.05, 0) is 43.5 Å². The van der Waals surface area contributed by atoms with Crippen molar-refractivity contribution in [2.45, 2.75) is 20.8 Å². The molecule has 0 radical (unpaired) electrons. The number of benzene rings is 2. The van der Waals surface area contributed by atoms with Crippen LogP contribution < -0.4 is 5.43 Å². The van der Waals surface area contributed by atoms with Crippen LogP contribution in [0.1, 0.15) is 16.7 Å². The summed E-state index contributed by atoms with van der Waals surface area (Å²) in [6.07, 6.45) is 0. The monoisotopic (exact) mass is 264 g/mol. The quantitative estimate of drug-likeness (QED) is 0.652. The van der Waals surface area contributed by atoms with Crippen molar-refractivity contribution in [1.82, 2.24) is 0 Å². The maximum absolute atomic E-state index is 12.3. The van der Waals surface area contributed by atoms with Crippen LogP contribution in [0.15, 0.2) is 51.7 Å². The SMILES string of the molecule is Cc1cc(C)c2oc(-c3ccccc3C)cc(=O)c2c1. The molecule has 0 bridgehead atoms. The fourth-order valence-corrected chi connectivity index (χ4v) is 2.59. The van der Waals surface area contributed by atoms with Crippen LogP contribution in [0.3, 0.4) is 0 Å². The Morgan fingerprint density at radius 2 is 1.65 bits per heavy atom. The molecule has 0 unspecified atom stereocenters. The molecule has 20 heavy (non-hydrogen) atoms. The minimum atomic E-state index is 0.0105. The number of hydrogen-bond acceptors (Lipinski definition) is 2. The highest BCUT2D eigenvalue weighted by Gasteiger charge is 2.10. The topological polar surface area (TPSA) is 30.2 Å². The van der Waals surface area contributed by atoms with Crippen molar-refractivity contribution in [2.24, 2.45) is 0 Å². The molecule has 3 aromatic rings. The molecule has 0 amide bonds. The summed E-state index contributed by atoms with van der Waals surface area (Å²) >= 11 is 0. The van der Waals surface area contributed by atoms with E-state index in [0.29, 0.717) is 16.7 Å². The molecule has 2 nitrogen and oxygen atoms in total. The summed E-state index contributed by atoms with van der Waals surface area (Å²) in [7, 11) is 0. The average molecular weight is 264 g/mol. The van der Waals surface area contributed by atoms with Crippen LogP contribution in [0.25, 0.3) is 22.3 Å². The summed E-state index contributed by atoms with van der Waals surface area (Å²) in [5.74, 6) is 0.632. The lowest BCUT2D eigenvalue weighted by Crippen LogP contribution is -2.02. The molecule has 0 saturated heterocycles. The first-order valence-electron chi connectivity index (χ1n) is 6.67. The van der Waals surface area contributed by atoms with Crippen LogP contribution in [0.2, 0.25) is 0 Å². The average Bonchev–Trinajstić information content (AvgIpc) is 2.40. The number of fused-ring (bicyclic) bond motifs is 1. The van der Waals surface area contributed by atoms with E-state index in [2.05, 4.69) is 0 Å². The van der Waals surface area contributed by atoms with Crippen molar-refractivity contribution < 1.29 is 4.42 Å². The predicted molar refractivity (Wildman–Crippen MR) is 82.1 cm³/mol. The van der Waals surface area contributed by atoms with E-state index in [9.17, 15) is 4.79 Å². The molecule has 2 aromatic carbocycles. The van der Waals surface area contributed by atoms with Crippen molar-refractivity contribution in [2.75, 3.05) is 0 Å². The summed E-state index contributed by atoms with van der Waals surface area (Å²) < 4.78 is 6.00. The zero-order chi connectivity index (χ0) is 14.3. The molecule has 0 aliphatic carbocycles. The van der Waals surface area contributed by atoms with E-state index >= 15 is 0 Å². The van der Waals surface area contributed by atoms with E-state index in [1.807, 2.05) is 57.2 Å². The summed E-state index contributed by atoms with van der Waals surface area (Å²) in [5.41, 5.74) is 4.82. The van der Waals surface area contributed by atoms with Crippen molar-refractivity contribution in [3.63, 3.8) is 0 Å². The molecule has 0 aliphatic rings. The maximum atomic E-state index is 12.3. The smallest absolute Gasteiger partial charge is 0.193 e. The fraction of sp³-hybridized carbons (Fsp3) is 0.167. The predicted octanol–water partition coefficient (Wildman–Crippen LogP) is 4.39. The van der Waals surface area contributed by atoms with E-state index < -0.39 is 0 Å². The van der Waals surface area contributed by atoms with Gasteiger partial charge in [-0.3, -0.25) is 4.79 Å². The molecule has 0 spiro atoms. The lowest BCUT2D eigenvalue weighted by atomic mass is 10.0. The molecule has 3 rings (SSSR count). The zero-order valence-electron chi connectivity index (χ0n) is 11.9. The molecule has 0 saturated carbocycles. The van der Waals surface area contributed by atoms with Gasteiger partial charge in [0.05, 0.1) is 5.39 Å². The second kappa shape index (κ2) is 4.64. The lowest BCUT2D eigenvalue weighted by molar-refractivity contribution is 0.615. The van der Waals surface area contributed by atoms with E-state index in [4.69, 9.17) is 4.42 Å². The largest absolute Gasteiger partial charge is 0.456 e. The Labute approximate surface area is 117 Å². The Morgan fingerprint density at radius 1 is 0.900 bits per heavy atom. The van der Waals surface area contributed by atoms with E-state index in [-0.39, 0.29) is 5.43 Å². The van der Waals surface area contributed by atoms with Gasteiger partial charge in [0.15, 0.2) is 5.43 Å². The molecule has 2 heteroatoms. The number of rotatable bonds is 1. The third kappa shape index (κ3) is 2.03. The van der Waals surface area contributed by atoms with Gasteiger partial charge in [0.1, 0.15) is 11.3 Å². The van der Waals surface area contributed by atoms with Gasteiger partial charge in [0.2, 0.25) is 0 Å². The molecule has 0 atom stereocenters. The van der Waals surface area contributed by atoms with Crippen molar-refractivity contribution in [1.29, 1.82) is 0 Å². The highest BCUT2D eigenvalue weighted by atomic mass is 16.3. The number of aryl methyl sites for hydroxylation is 3.